The maximum Gasteiger partial charge on any atom is 0.242 e. The van der Waals surface area contributed by atoms with Crippen LogP contribution >= 0.6 is 11.8 Å². The maximum absolute atomic E-state index is 12.3. The number of carbonyl (C=O) groups is 1. The second-order valence-electron chi connectivity index (χ2n) is 6.74. The second-order valence-corrected chi connectivity index (χ2v) is 9.88. The molecule has 0 aromatic heterocycles. The van der Waals surface area contributed by atoms with Gasteiger partial charge in [0.1, 0.15) is 0 Å². The Kier molecular flexibility index (Phi) is 6.72. The van der Waals surface area contributed by atoms with Crippen molar-refractivity contribution in [3.05, 3.63) is 52.6 Å². The third kappa shape index (κ3) is 4.91. The summed E-state index contributed by atoms with van der Waals surface area (Å²) >= 11 is 1.53. The first-order valence-electron chi connectivity index (χ1n) is 8.56. The zero-order valence-corrected chi connectivity index (χ0v) is 18.2. The molecule has 0 aliphatic heterocycles. The molecule has 0 aliphatic rings. The molecule has 7 heteroatoms. The number of anilines is 1. The van der Waals surface area contributed by atoms with Crippen LogP contribution in [0.25, 0.3) is 0 Å². The molecule has 5 nitrogen and oxygen atoms in total. The Morgan fingerprint density at radius 1 is 1.00 bits per heavy atom. The van der Waals surface area contributed by atoms with Crippen LogP contribution in [0.3, 0.4) is 0 Å². The van der Waals surface area contributed by atoms with E-state index in [0.29, 0.717) is 11.4 Å². The van der Waals surface area contributed by atoms with Crippen LogP contribution in [0.4, 0.5) is 5.69 Å². The molecule has 0 unspecified atom stereocenters. The minimum atomic E-state index is -3.47. The van der Waals surface area contributed by atoms with Crippen LogP contribution in [0, 0.1) is 27.7 Å². The Hall–Kier alpha value is -1.83. The molecule has 0 radical (unpaired) electrons. The highest BCUT2D eigenvalue weighted by atomic mass is 32.2. The first kappa shape index (κ1) is 21.5. The molecule has 0 fully saturated rings. The lowest BCUT2D eigenvalue weighted by molar-refractivity contribution is -0.113. The summed E-state index contributed by atoms with van der Waals surface area (Å²) in [5, 5.41) is 2.82. The Labute approximate surface area is 166 Å². The number of rotatable bonds is 6. The molecule has 1 N–H and O–H groups in total. The number of hydrogen-bond donors (Lipinski definition) is 1. The first-order valence-corrected chi connectivity index (χ1v) is 11.0. The Balaban J connectivity index is 2.05. The van der Waals surface area contributed by atoms with E-state index in [9.17, 15) is 13.2 Å². The zero-order chi connectivity index (χ0) is 20.4. The number of nitrogens with one attached hydrogen (secondary N) is 1. The van der Waals surface area contributed by atoms with E-state index < -0.39 is 10.0 Å². The van der Waals surface area contributed by atoms with Gasteiger partial charge in [-0.25, -0.2) is 12.7 Å². The molecule has 0 saturated heterocycles. The summed E-state index contributed by atoms with van der Waals surface area (Å²) in [6, 6.07) is 8.36. The summed E-state index contributed by atoms with van der Waals surface area (Å²) in [4.78, 5) is 13.7. The SMILES string of the molecule is Cc1cc(C)c(C)c(SCC(=O)Nc2ccc(S(=O)(=O)N(C)C)cc2)c1C. The molecule has 0 spiro atoms. The molecule has 2 aromatic rings. The highest BCUT2D eigenvalue weighted by molar-refractivity contribution is 8.00. The van der Waals surface area contributed by atoms with Crippen molar-refractivity contribution in [1.82, 2.24) is 4.31 Å². The van der Waals surface area contributed by atoms with E-state index in [1.807, 2.05) is 0 Å². The molecule has 2 aromatic carbocycles. The van der Waals surface area contributed by atoms with Gasteiger partial charge in [-0.05, 0) is 74.2 Å². The van der Waals surface area contributed by atoms with E-state index in [4.69, 9.17) is 0 Å². The van der Waals surface area contributed by atoms with Crippen LogP contribution in [0.5, 0.6) is 0 Å². The summed E-state index contributed by atoms with van der Waals surface area (Å²) in [7, 11) is -0.499. The topological polar surface area (TPSA) is 66.5 Å². The largest absolute Gasteiger partial charge is 0.325 e. The van der Waals surface area contributed by atoms with E-state index in [2.05, 4.69) is 39.1 Å². The van der Waals surface area contributed by atoms with Gasteiger partial charge in [0.25, 0.3) is 0 Å². The minimum Gasteiger partial charge on any atom is -0.325 e. The summed E-state index contributed by atoms with van der Waals surface area (Å²) in [6.45, 7) is 8.31. The fourth-order valence-corrected chi connectivity index (χ4v) is 4.66. The average Bonchev–Trinajstić information content (AvgIpc) is 2.60. The van der Waals surface area contributed by atoms with Crippen LogP contribution < -0.4 is 5.32 Å². The number of aryl methyl sites for hydroxylation is 2. The Morgan fingerprint density at radius 3 is 2.00 bits per heavy atom. The van der Waals surface area contributed by atoms with E-state index >= 15 is 0 Å². The lowest BCUT2D eigenvalue weighted by Gasteiger charge is -2.15. The predicted octanol–water partition coefficient (Wildman–Crippen LogP) is 3.90. The van der Waals surface area contributed by atoms with E-state index in [0.717, 1.165) is 9.20 Å². The van der Waals surface area contributed by atoms with Gasteiger partial charge in [0.2, 0.25) is 15.9 Å². The van der Waals surface area contributed by atoms with Crippen molar-refractivity contribution in [3.63, 3.8) is 0 Å². The van der Waals surface area contributed by atoms with Crippen LogP contribution in [0.15, 0.2) is 40.1 Å². The number of thioether (sulfide) groups is 1. The van der Waals surface area contributed by atoms with Crippen molar-refractivity contribution in [3.8, 4) is 0 Å². The number of amides is 1. The first-order chi connectivity index (χ1) is 12.5. The molecule has 0 saturated carbocycles. The van der Waals surface area contributed by atoms with Crippen LogP contribution in [-0.2, 0) is 14.8 Å². The summed E-state index contributed by atoms with van der Waals surface area (Å²) in [5.74, 6) is 0.170. The number of hydrogen-bond acceptors (Lipinski definition) is 4. The van der Waals surface area contributed by atoms with E-state index in [1.165, 1.54) is 60.2 Å². The van der Waals surface area contributed by atoms with Gasteiger partial charge < -0.3 is 5.32 Å². The molecular formula is C20H26N2O3S2. The molecule has 27 heavy (non-hydrogen) atoms. The fourth-order valence-electron chi connectivity index (χ4n) is 2.65. The summed E-state index contributed by atoms with van der Waals surface area (Å²) in [5.41, 5.74) is 5.42. The molecular weight excluding hydrogens is 380 g/mol. The minimum absolute atomic E-state index is 0.124. The van der Waals surface area contributed by atoms with Gasteiger partial charge in [0, 0.05) is 24.7 Å². The number of sulfonamides is 1. The zero-order valence-electron chi connectivity index (χ0n) is 16.6. The number of nitrogens with zero attached hydrogens (tertiary/aromatic N) is 1. The third-order valence-electron chi connectivity index (χ3n) is 4.56. The van der Waals surface area contributed by atoms with Gasteiger partial charge in [0.05, 0.1) is 10.6 Å². The van der Waals surface area contributed by atoms with Crippen molar-refractivity contribution in [2.45, 2.75) is 37.5 Å². The lowest BCUT2D eigenvalue weighted by Crippen LogP contribution is -2.22. The highest BCUT2D eigenvalue weighted by Gasteiger charge is 2.17. The van der Waals surface area contributed by atoms with Crippen molar-refractivity contribution in [2.75, 3.05) is 25.2 Å². The lowest BCUT2D eigenvalue weighted by atomic mass is 10.0. The quantitative estimate of drug-likeness (QED) is 0.739. The molecule has 0 aliphatic carbocycles. The third-order valence-corrected chi connectivity index (χ3v) is 7.70. The van der Waals surface area contributed by atoms with Gasteiger partial charge in [-0.15, -0.1) is 11.8 Å². The monoisotopic (exact) mass is 406 g/mol. The summed E-state index contributed by atoms with van der Waals surface area (Å²) in [6.07, 6.45) is 0. The van der Waals surface area contributed by atoms with Crippen molar-refractivity contribution in [2.24, 2.45) is 0 Å². The predicted molar refractivity (Wildman–Crippen MR) is 112 cm³/mol. The molecule has 0 bridgehead atoms. The van der Waals surface area contributed by atoms with Gasteiger partial charge in [-0.1, -0.05) is 6.07 Å². The van der Waals surface area contributed by atoms with Crippen LogP contribution in [-0.4, -0.2) is 38.5 Å². The maximum atomic E-state index is 12.3. The van der Waals surface area contributed by atoms with Crippen molar-refractivity contribution < 1.29 is 13.2 Å². The van der Waals surface area contributed by atoms with Gasteiger partial charge in [-0.2, -0.15) is 0 Å². The Morgan fingerprint density at radius 2 is 1.52 bits per heavy atom. The molecule has 0 heterocycles. The van der Waals surface area contributed by atoms with Gasteiger partial charge in [-0.3, -0.25) is 4.79 Å². The standard InChI is InChI=1S/C20H26N2O3S2/c1-13-11-14(2)16(4)20(15(13)3)26-12-19(23)21-17-7-9-18(10-8-17)27(24,25)22(5)6/h7-11H,12H2,1-6H3,(H,21,23). The second kappa shape index (κ2) is 8.46. The van der Waals surface area contributed by atoms with Crippen LogP contribution in [0.2, 0.25) is 0 Å². The molecule has 0 atom stereocenters. The van der Waals surface area contributed by atoms with Gasteiger partial charge in [0.15, 0.2) is 0 Å². The highest BCUT2D eigenvalue weighted by Crippen LogP contribution is 2.31. The average molecular weight is 407 g/mol. The van der Waals surface area contributed by atoms with E-state index in [-0.39, 0.29) is 10.8 Å². The Bertz CT molecular complexity index is 924. The fraction of sp³-hybridized carbons (Fsp3) is 0.350. The molecule has 1 amide bonds. The van der Waals surface area contributed by atoms with Gasteiger partial charge >= 0.3 is 0 Å². The van der Waals surface area contributed by atoms with Crippen molar-refractivity contribution >= 4 is 33.4 Å². The molecule has 146 valence electrons. The smallest absolute Gasteiger partial charge is 0.242 e. The number of benzene rings is 2. The summed E-state index contributed by atoms with van der Waals surface area (Å²) < 4.78 is 25.3. The number of carbonyl (C=O) groups excluding carboxylic acids is 1. The van der Waals surface area contributed by atoms with Crippen LogP contribution in [0.1, 0.15) is 22.3 Å². The normalized spacial score (nSPS) is 11.7. The molecule has 2 rings (SSSR count). The van der Waals surface area contributed by atoms with E-state index in [1.54, 1.807) is 12.1 Å². The van der Waals surface area contributed by atoms with Crippen molar-refractivity contribution in [1.29, 1.82) is 0 Å².